The Balaban J connectivity index is 2.29. The van der Waals surface area contributed by atoms with Gasteiger partial charge in [-0.2, -0.15) is 4.39 Å². The van der Waals surface area contributed by atoms with Crippen LogP contribution in [0.3, 0.4) is 0 Å². The third kappa shape index (κ3) is 3.39. The molecule has 0 saturated carbocycles. The van der Waals surface area contributed by atoms with Crippen LogP contribution in [0.2, 0.25) is 0 Å². The number of aromatic nitrogens is 3. The molecule has 1 aromatic carbocycles. The van der Waals surface area contributed by atoms with Gasteiger partial charge in [-0.15, -0.1) is 0 Å². The van der Waals surface area contributed by atoms with Gasteiger partial charge in [0.25, 0.3) is 11.1 Å². The van der Waals surface area contributed by atoms with Crippen LogP contribution in [0.4, 0.5) is 20.2 Å². The molecule has 3 N–H and O–H groups in total. The van der Waals surface area contributed by atoms with Crippen LogP contribution in [-0.2, 0) is 13.6 Å². The van der Waals surface area contributed by atoms with Crippen LogP contribution in [-0.4, -0.2) is 37.0 Å². The van der Waals surface area contributed by atoms with Crippen LogP contribution in [0.5, 0.6) is 0 Å². The van der Waals surface area contributed by atoms with Crippen LogP contribution in [0.1, 0.15) is 5.56 Å². The SMILES string of the molecule is Cc1ccc(Nc2c(F)c(=O)n(C)c3ncn(CC(O)CO)c(=O)c23)c(F)c1. The van der Waals surface area contributed by atoms with Gasteiger partial charge in [-0.3, -0.25) is 18.7 Å². The normalized spacial score (nSPS) is 12.4. The first kappa shape index (κ1) is 19.6. The van der Waals surface area contributed by atoms with Crippen molar-refractivity contribution < 1.29 is 19.0 Å². The summed E-state index contributed by atoms with van der Waals surface area (Å²) in [5.41, 5.74) is -1.90. The molecular formula is C18H18F2N4O4. The molecule has 0 saturated heterocycles. The lowest BCUT2D eigenvalue weighted by atomic mass is 10.2. The van der Waals surface area contributed by atoms with Crippen molar-refractivity contribution in [2.75, 3.05) is 11.9 Å². The number of rotatable bonds is 5. The van der Waals surface area contributed by atoms with Gasteiger partial charge in [0, 0.05) is 7.05 Å². The van der Waals surface area contributed by atoms with Gasteiger partial charge in [-0.1, -0.05) is 6.07 Å². The summed E-state index contributed by atoms with van der Waals surface area (Å²) in [5.74, 6) is -1.96. The monoisotopic (exact) mass is 392 g/mol. The second-order valence-corrected chi connectivity index (χ2v) is 6.40. The van der Waals surface area contributed by atoms with E-state index in [1.807, 2.05) is 0 Å². The van der Waals surface area contributed by atoms with Gasteiger partial charge in [-0.25, -0.2) is 9.37 Å². The minimum absolute atomic E-state index is 0.110. The van der Waals surface area contributed by atoms with Crippen molar-refractivity contribution in [3.8, 4) is 0 Å². The summed E-state index contributed by atoms with van der Waals surface area (Å²) in [7, 11) is 1.25. The zero-order valence-electron chi connectivity index (χ0n) is 15.1. The summed E-state index contributed by atoms with van der Waals surface area (Å²) in [5, 5.41) is 20.8. The molecule has 2 heterocycles. The number of nitrogens with zero attached hydrogens (tertiary/aromatic N) is 3. The summed E-state index contributed by atoms with van der Waals surface area (Å²) in [6.07, 6.45) is -0.155. The Bertz CT molecular complexity index is 1170. The molecule has 0 amide bonds. The highest BCUT2D eigenvalue weighted by Gasteiger charge is 2.21. The van der Waals surface area contributed by atoms with E-state index in [9.17, 15) is 23.5 Å². The lowest BCUT2D eigenvalue weighted by molar-refractivity contribution is 0.0802. The van der Waals surface area contributed by atoms with Crippen molar-refractivity contribution in [1.82, 2.24) is 14.1 Å². The van der Waals surface area contributed by atoms with Crippen molar-refractivity contribution in [3.05, 3.63) is 62.4 Å². The van der Waals surface area contributed by atoms with E-state index < -0.39 is 41.2 Å². The highest BCUT2D eigenvalue weighted by atomic mass is 19.1. The first-order chi connectivity index (χ1) is 13.2. The third-order valence-corrected chi connectivity index (χ3v) is 4.30. The standard InChI is InChI=1S/C18H18F2N4O4/c1-9-3-4-12(11(19)5-9)22-15-13-16(23(2)18(28)14(15)20)21-8-24(17(13)27)6-10(26)7-25/h3-5,8,10,22,25-26H,6-7H2,1-2H3. The maximum Gasteiger partial charge on any atom is 0.290 e. The Kier molecular flexibility index (Phi) is 5.25. The molecule has 8 nitrogen and oxygen atoms in total. The van der Waals surface area contributed by atoms with Gasteiger partial charge in [0.2, 0.25) is 5.82 Å². The second-order valence-electron chi connectivity index (χ2n) is 6.40. The van der Waals surface area contributed by atoms with Crippen molar-refractivity contribution >= 4 is 22.4 Å². The number of aliphatic hydroxyl groups is 2. The Hall–Kier alpha value is -3.11. The Labute approximate surface area is 157 Å². The molecule has 0 bridgehead atoms. The minimum atomic E-state index is -1.27. The molecule has 148 valence electrons. The predicted molar refractivity (Wildman–Crippen MR) is 98.7 cm³/mol. The first-order valence-electron chi connectivity index (χ1n) is 8.34. The van der Waals surface area contributed by atoms with Crippen molar-refractivity contribution in [3.63, 3.8) is 0 Å². The minimum Gasteiger partial charge on any atom is -0.394 e. The summed E-state index contributed by atoms with van der Waals surface area (Å²) in [6, 6.07) is 4.16. The van der Waals surface area contributed by atoms with E-state index >= 15 is 0 Å². The highest BCUT2D eigenvalue weighted by molar-refractivity contribution is 5.90. The fourth-order valence-corrected chi connectivity index (χ4v) is 2.80. The number of anilines is 2. The molecule has 2 aromatic heterocycles. The van der Waals surface area contributed by atoms with Gasteiger partial charge < -0.3 is 15.5 Å². The molecule has 3 aromatic rings. The fourth-order valence-electron chi connectivity index (χ4n) is 2.80. The van der Waals surface area contributed by atoms with Crippen molar-refractivity contribution in [1.29, 1.82) is 0 Å². The van der Waals surface area contributed by atoms with Gasteiger partial charge in [0.15, 0.2) is 5.65 Å². The van der Waals surface area contributed by atoms with Gasteiger partial charge in [0.1, 0.15) is 17.5 Å². The summed E-state index contributed by atoms with van der Waals surface area (Å²) in [4.78, 5) is 29.0. The van der Waals surface area contributed by atoms with Crippen LogP contribution in [0.25, 0.3) is 11.0 Å². The van der Waals surface area contributed by atoms with Crippen LogP contribution >= 0.6 is 0 Å². The Morgan fingerprint density at radius 2 is 1.96 bits per heavy atom. The number of halogens is 2. The topological polar surface area (TPSA) is 109 Å². The Morgan fingerprint density at radius 1 is 1.25 bits per heavy atom. The predicted octanol–water partition coefficient (Wildman–Crippen LogP) is 0.779. The van der Waals surface area contributed by atoms with E-state index in [4.69, 9.17) is 5.11 Å². The van der Waals surface area contributed by atoms with Crippen molar-refractivity contribution in [2.45, 2.75) is 19.6 Å². The second kappa shape index (κ2) is 7.49. The fraction of sp³-hybridized carbons (Fsp3) is 0.278. The van der Waals surface area contributed by atoms with Crippen LogP contribution in [0, 0.1) is 18.6 Å². The largest absolute Gasteiger partial charge is 0.394 e. The number of hydrogen-bond acceptors (Lipinski definition) is 6. The number of hydrogen-bond donors (Lipinski definition) is 3. The van der Waals surface area contributed by atoms with Gasteiger partial charge in [-0.05, 0) is 24.6 Å². The molecule has 0 aliphatic carbocycles. The van der Waals surface area contributed by atoms with Crippen LogP contribution in [0.15, 0.2) is 34.1 Å². The molecule has 0 aliphatic rings. The molecule has 0 aliphatic heterocycles. The van der Waals surface area contributed by atoms with E-state index in [1.165, 1.54) is 19.2 Å². The summed E-state index contributed by atoms with van der Waals surface area (Å²) >= 11 is 0. The molecule has 0 fully saturated rings. The van der Waals surface area contributed by atoms with E-state index in [1.54, 1.807) is 13.0 Å². The lowest BCUT2D eigenvalue weighted by Crippen LogP contribution is -2.32. The third-order valence-electron chi connectivity index (χ3n) is 4.30. The number of pyridine rings is 1. The smallest absolute Gasteiger partial charge is 0.290 e. The average Bonchev–Trinajstić information content (AvgIpc) is 2.66. The van der Waals surface area contributed by atoms with E-state index in [-0.39, 0.29) is 23.3 Å². The maximum absolute atomic E-state index is 14.7. The molecule has 3 rings (SSSR count). The molecule has 10 heteroatoms. The van der Waals surface area contributed by atoms with Crippen molar-refractivity contribution in [2.24, 2.45) is 7.05 Å². The zero-order valence-corrected chi connectivity index (χ0v) is 15.1. The van der Waals surface area contributed by atoms with E-state index in [0.717, 1.165) is 15.5 Å². The number of aryl methyl sites for hydroxylation is 2. The Morgan fingerprint density at radius 3 is 2.61 bits per heavy atom. The summed E-state index contributed by atoms with van der Waals surface area (Å²) in [6.45, 7) is 0.795. The molecule has 28 heavy (non-hydrogen) atoms. The zero-order chi connectivity index (χ0) is 20.6. The number of fused-ring (bicyclic) bond motifs is 1. The number of aliphatic hydroxyl groups excluding tert-OH is 2. The first-order valence-corrected chi connectivity index (χ1v) is 8.34. The number of nitrogens with one attached hydrogen (secondary N) is 1. The van der Waals surface area contributed by atoms with E-state index in [0.29, 0.717) is 5.56 Å². The molecule has 0 spiro atoms. The lowest BCUT2D eigenvalue weighted by Gasteiger charge is -2.15. The molecular weight excluding hydrogens is 374 g/mol. The summed E-state index contributed by atoms with van der Waals surface area (Å²) < 4.78 is 30.8. The van der Waals surface area contributed by atoms with Crippen LogP contribution < -0.4 is 16.4 Å². The highest BCUT2D eigenvalue weighted by Crippen LogP contribution is 2.26. The van der Waals surface area contributed by atoms with Gasteiger partial charge >= 0.3 is 0 Å². The molecule has 0 radical (unpaired) electrons. The quantitative estimate of drug-likeness (QED) is 0.592. The number of benzene rings is 1. The molecule has 1 atom stereocenters. The maximum atomic E-state index is 14.7. The van der Waals surface area contributed by atoms with Gasteiger partial charge in [0.05, 0.1) is 30.6 Å². The average molecular weight is 392 g/mol. The van der Waals surface area contributed by atoms with E-state index in [2.05, 4.69) is 10.3 Å². The molecule has 1 unspecified atom stereocenters.